The second-order valence-electron chi connectivity index (χ2n) is 2.66. The summed E-state index contributed by atoms with van der Waals surface area (Å²) >= 11 is 0. The van der Waals surface area contributed by atoms with Crippen LogP contribution >= 0.6 is 0 Å². The van der Waals surface area contributed by atoms with Gasteiger partial charge in [0.2, 0.25) is 0 Å². The zero-order valence-electron chi connectivity index (χ0n) is 5.78. The molecule has 1 aliphatic carbocycles. The van der Waals surface area contributed by atoms with Crippen molar-refractivity contribution in [2.45, 2.75) is 33.1 Å². The molecule has 0 aromatic rings. The maximum absolute atomic E-state index is 2.32. The molecule has 1 rings (SSSR count). The van der Waals surface area contributed by atoms with Crippen LogP contribution in [0.4, 0.5) is 0 Å². The van der Waals surface area contributed by atoms with E-state index in [1.165, 1.54) is 19.3 Å². The van der Waals surface area contributed by atoms with Crippen LogP contribution in [0.15, 0.2) is 11.6 Å². The molecule has 0 aromatic heterocycles. The maximum Gasteiger partial charge on any atom is -0.0232 e. The zero-order valence-corrected chi connectivity index (χ0v) is 5.78. The van der Waals surface area contributed by atoms with Crippen molar-refractivity contribution in [1.29, 1.82) is 0 Å². The van der Waals surface area contributed by atoms with Crippen LogP contribution in [0.5, 0.6) is 0 Å². The fraction of sp³-hybridized carbons (Fsp3) is 0.750. The van der Waals surface area contributed by atoms with Crippen molar-refractivity contribution < 1.29 is 0 Å². The van der Waals surface area contributed by atoms with Gasteiger partial charge in [0.25, 0.3) is 0 Å². The molecule has 0 bridgehead atoms. The Morgan fingerprint density at radius 1 is 1.62 bits per heavy atom. The van der Waals surface area contributed by atoms with Crippen molar-refractivity contribution in [3.63, 3.8) is 0 Å². The molecule has 1 fully saturated rings. The number of allylic oxidation sites excluding steroid dienone is 2. The molecular weight excluding hydrogens is 96.1 g/mol. The first-order valence-corrected chi connectivity index (χ1v) is 3.49. The Labute approximate surface area is 51.6 Å². The molecule has 0 aliphatic heterocycles. The SMILES string of the molecule is CC=C1CCCC1C. The molecule has 0 radical (unpaired) electrons. The van der Waals surface area contributed by atoms with E-state index in [-0.39, 0.29) is 0 Å². The summed E-state index contributed by atoms with van der Waals surface area (Å²) in [6, 6.07) is 0. The predicted octanol–water partition coefficient (Wildman–Crippen LogP) is 2.75. The third-order valence-corrected chi connectivity index (χ3v) is 2.11. The highest BCUT2D eigenvalue weighted by atomic mass is 14.2. The second kappa shape index (κ2) is 2.34. The first kappa shape index (κ1) is 5.87. The molecule has 1 unspecified atom stereocenters. The van der Waals surface area contributed by atoms with Gasteiger partial charge in [-0.15, -0.1) is 0 Å². The molecule has 0 N–H and O–H groups in total. The zero-order chi connectivity index (χ0) is 5.98. The fourth-order valence-corrected chi connectivity index (χ4v) is 1.47. The third-order valence-electron chi connectivity index (χ3n) is 2.11. The average molecular weight is 110 g/mol. The van der Waals surface area contributed by atoms with Gasteiger partial charge in [0.1, 0.15) is 0 Å². The summed E-state index contributed by atoms with van der Waals surface area (Å²) in [5.41, 5.74) is 1.67. The minimum atomic E-state index is 0.889. The molecule has 0 nitrogen and oxygen atoms in total. The van der Waals surface area contributed by atoms with Crippen LogP contribution < -0.4 is 0 Å². The lowest BCUT2D eigenvalue weighted by molar-refractivity contribution is 0.695. The lowest BCUT2D eigenvalue weighted by Crippen LogP contribution is -1.85. The topological polar surface area (TPSA) is 0 Å². The molecule has 1 atom stereocenters. The second-order valence-corrected chi connectivity index (χ2v) is 2.66. The summed E-state index contributed by atoms with van der Waals surface area (Å²) in [6.07, 6.45) is 6.47. The van der Waals surface area contributed by atoms with Crippen LogP contribution in [0.3, 0.4) is 0 Å². The van der Waals surface area contributed by atoms with Crippen LogP contribution in [-0.4, -0.2) is 0 Å². The number of hydrogen-bond acceptors (Lipinski definition) is 0. The number of hydrogen-bond donors (Lipinski definition) is 0. The van der Waals surface area contributed by atoms with Crippen LogP contribution in [0.2, 0.25) is 0 Å². The Morgan fingerprint density at radius 3 is 2.62 bits per heavy atom. The Bertz CT molecular complexity index is 101. The van der Waals surface area contributed by atoms with E-state index in [4.69, 9.17) is 0 Å². The highest BCUT2D eigenvalue weighted by molar-refractivity contribution is 5.08. The lowest BCUT2D eigenvalue weighted by atomic mass is 10.1. The molecule has 0 amide bonds. The van der Waals surface area contributed by atoms with E-state index in [1.807, 2.05) is 0 Å². The van der Waals surface area contributed by atoms with Gasteiger partial charge in [-0.2, -0.15) is 0 Å². The summed E-state index contributed by atoms with van der Waals surface area (Å²) in [6.45, 7) is 4.47. The summed E-state index contributed by atoms with van der Waals surface area (Å²) in [5, 5.41) is 0. The van der Waals surface area contributed by atoms with E-state index in [1.54, 1.807) is 5.57 Å². The van der Waals surface area contributed by atoms with Gasteiger partial charge in [0.15, 0.2) is 0 Å². The van der Waals surface area contributed by atoms with Gasteiger partial charge in [0.05, 0.1) is 0 Å². The smallest absolute Gasteiger partial charge is 0.0232 e. The largest absolute Gasteiger partial charge is 0.0882 e. The average Bonchev–Trinajstić information content (AvgIpc) is 2.14. The van der Waals surface area contributed by atoms with E-state index in [9.17, 15) is 0 Å². The fourth-order valence-electron chi connectivity index (χ4n) is 1.47. The third kappa shape index (κ3) is 0.936. The predicted molar refractivity (Wildman–Crippen MR) is 36.8 cm³/mol. The Morgan fingerprint density at radius 2 is 2.38 bits per heavy atom. The molecule has 1 saturated carbocycles. The Balaban J connectivity index is 2.55. The Kier molecular flexibility index (Phi) is 1.72. The lowest BCUT2D eigenvalue weighted by Gasteiger charge is -2.00. The molecule has 0 spiro atoms. The summed E-state index contributed by atoms with van der Waals surface area (Å²) < 4.78 is 0. The van der Waals surface area contributed by atoms with E-state index >= 15 is 0 Å². The van der Waals surface area contributed by atoms with Gasteiger partial charge < -0.3 is 0 Å². The van der Waals surface area contributed by atoms with Crippen LogP contribution in [0, 0.1) is 5.92 Å². The van der Waals surface area contributed by atoms with Gasteiger partial charge in [-0.1, -0.05) is 18.6 Å². The van der Waals surface area contributed by atoms with Crippen molar-refractivity contribution in [3.8, 4) is 0 Å². The molecule has 0 heterocycles. The summed E-state index contributed by atoms with van der Waals surface area (Å²) in [4.78, 5) is 0. The van der Waals surface area contributed by atoms with Gasteiger partial charge >= 0.3 is 0 Å². The van der Waals surface area contributed by atoms with Crippen molar-refractivity contribution in [2.75, 3.05) is 0 Å². The van der Waals surface area contributed by atoms with Gasteiger partial charge in [-0.25, -0.2) is 0 Å². The molecule has 46 valence electrons. The van der Waals surface area contributed by atoms with E-state index in [2.05, 4.69) is 19.9 Å². The minimum absolute atomic E-state index is 0.889. The van der Waals surface area contributed by atoms with Gasteiger partial charge in [0, 0.05) is 0 Å². The van der Waals surface area contributed by atoms with Crippen LogP contribution in [0.25, 0.3) is 0 Å². The normalized spacial score (nSPS) is 34.2. The minimum Gasteiger partial charge on any atom is -0.0882 e. The maximum atomic E-state index is 2.32. The van der Waals surface area contributed by atoms with Gasteiger partial charge in [-0.05, 0) is 32.1 Å². The highest BCUT2D eigenvalue weighted by Gasteiger charge is 2.13. The van der Waals surface area contributed by atoms with Crippen molar-refractivity contribution in [1.82, 2.24) is 0 Å². The van der Waals surface area contributed by atoms with E-state index in [0.717, 1.165) is 5.92 Å². The van der Waals surface area contributed by atoms with E-state index in [0.29, 0.717) is 0 Å². The molecule has 0 heteroatoms. The van der Waals surface area contributed by atoms with E-state index < -0.39 is 0 Å². The van der Waals surface area contributed by atoms with Crippen molar-refractivity contribution in [2.24, 2.45) is 5.92 Å². The molecule has 8 heavy (non-hydrogen) atoms. The quantitative estimate of drug-likeness (QED) is 0.420. The highest BCUT2D eigenvalue weighted by Crippen LogP contribution is 2.29. The molecule has 1 aliphatic rings. The summed E-state index contributed by atoms with van der Waals surface area (Å²) in [7, 11) is 0. The first-order valence-electron chi connectivity index (χ1n) is 3.49. The number of rotatable bonds is 0. The summed E-state index contributed by atoms with van der Waals surface area (Å²) in [5.74, 6) is 0.889. The van der Waals surface area contributed by atoms with Crippen molar-refractivity contribution >= 4 is 0 Å². The Hall–Kier alpha value is -0.260. The first-order chi connectivity index (χ1) is 3.84. The van der Waals surface area contributed by atoms with Crippen LogP contribution in [0.1, 0.15) is 33.1 Å². The van der Waals surface area contributed by atoms with Crippen molar-refractivity contribution in [3.05, 3.63) is 11.6 Å². The molecular formula is C8H14. The molecule has 0 aromatic carbocycles. The standard InChI is InChI=1S/C8H14/c1-3-8-6-4-5-7(8)2/h3,7H,4-6H2,1-2H3. The monoisotopic (exact) mass is 110 g/mol. The molecule has 0 saturated heterocycles. The van der Waals surface area contributed by atoms with Gasteiger partial charge in [-0.3, -0.25) is 0 Å². The van der Waals surface area contributed by atoms with Crippen LogP contribution in [-0.2, 0) is 0 Å².